The molecule has 0 amide bonds. The first kappa shape index (κ1) is 20.1. The van der Waals surface area contributed by atoms with Crippen molar-refractivity contribution < 1.29 is 34.1 Å². The molecule has 0 spiro atoms. The van der Waals surface area contributed by atoms with Gasteiger partial charge in [0, 0.05) is 0 Å². The Morgan fingerprint density at radius 2 is 1.11 bits per heavy atom. The highest BCUT2D eigenvalue weighted by Gasteiger charge is 2.42. The molecule has 0 saturated carbocycles. The number of aliphatic hydroxyl groups is 1. The van der Waals surface area contributed by atoms with Gasteiger partial charge in [-0.3, -0.25) is 9.59 Å². The molecule has 27 heavy (non-hydrogen) atoms. The van der Waals surface area contributed by atoms with Gasteiger partial charge in [0.05, 0.1) is 12.8 Å². The molecule has 2 N–H and O–H groups in total. The summed E-state index contributed by atoms with van der Waals surface area (Å²) < 4.78 is 10.0. The fourth-order valence-corrected chi connectivity index (χ4v) is 2.24. The van der Waals surface area contributed by atoms with Gasteiger partial charge in [-0.25, -0.2) is 4.79 Å². The molecule has 0 aliphatic carbocycles. The Labute approximate surface area is 156 Å². The van der Waals surface area contributed by atoms with Crippen LogP contribution >= 0.6 is 0 Å². The van der Waals surface area contributed by atoms with Crippen LogP contribution in [0, 0.1) is 13.8 Å². The molecule has 0 unspecified atom stereocenters. The van der Waals surface area contributed by atoms with Crippen LogP contribution in [0.3, 0.4) is 0 Å². The first-order valence-electron chi connectivity index (χ1n) is 8.18. The summed E-state index contributed by atoms with van der Waals surface area (Å²) in [5, 5.41) is 19.5. The van der Waals surface area contributed by atoms with Crippen molar-refractivity contribution in [2.24, 2.45) is 0 Å². The van der Waals surface area contributed by atoms with Crippen molar-refractivity contribution in [2.45, 2.75) is 32.3 Å². The second-order valence-electron chi connectivity index (χ2n) is 6.26. The Bertz CT molecular complexity index is 761. The van der Waals surface area contributed by atoms with Crippen molar-refractivity contribution >= 4 is 17.9 Å². The number of carbonyl (C=O) groups is 3. The van der Waals surface area contributed by atoms with Gasteiger partial charge in [0.15, 0.2) is 5.60 Å². The average Bonchev–Trinajstić information content (AvgIpc) is 2.58. The van der Waals surface area contributed by atoms with Crippen LogP contribution < -0.4 is 9.47 Å². The summed E-state index contributed by atoms with van der Waals surface area (Å²) in [4.78, 5) is 35.4. The maximum Gasteiger partial charge on any atom is 0.336 e. The summed E-state index contributed by atoms with van der Waals surface area (Å²) in [6.45, 7) is 3.71. The molecular weight excluding hydrogens is 352 g/mol. The van der Waals surface area contributed by atoms with Gasteiger partial charge in [-0.2, -0.15) is 0 Å². The van der Waals surface area contributed by atoms with Gasteiger partial charge >= 0.3 is 17.9 Å². The van der Waals surface area contributed by atoms with E-state index in [0.717, 1.165) is 11.1 Å². The third-order valence-electron chi connectivity index (χ3n) is 3.78. The fourth-order valence-electron chi connectivity index (χ4n) is 2.24. The second kappa shape index (κ2) is 8.46. The zero-order valence-electron chi connectivity index (χ0n) is 15.0. The van der Waals surface area contributed by atoms with E-state index in [1.54, 1.807) is 48.5 Å². The van der Waals surface area contributed by atoms with Gasteiger partial charge in [-0.05, 0) is 38.1 Å². The van der Waals surface area contributed by atoms with E-state index in [-0.39, 0.29) is 11.5 Å². The van der Waals surface area contributed by atoms with Crippen LogP contribution in [-0.4, -0.2) is 33.7 Å². The lowest BCUT2D eigenvalue weighted by molar-refractivity contribution is -0.169. The van der Waals surface area contributed by atoms with Gasteiger partial charge in [-0.15, -0.1) is 0 Å². The summed E-state index contributed by atoms with van der Waals surface area (Å²) in [6, 6.07) is 13.0. The normalized spacial score (nSPS) is 10.9. The SMILES string of the molecule is Cc1ccc(OC(=O)CC(O)(CC(=O)Oc2ccc(C)cc2)C(=O)O)cc1. The van der Waals surface area contributed by atoms with E-state index in [1.807, 2.05) is 13.8 Å². The summed E-state index contributed by atoms with van der Waals surface area (Å²) >= 11 is 0. The highest BCUT2D eigenvalue weighted by molar-refractivity contribution is 5.90. The predicted molar refractivity (Wildman–Crippen MR) is 95.4 cm³/mol. The number of benzene rings is 2. The molecule has 0 saturated heterocycles. The van der Waals surface area contributed by atoms with Gasteiger partial charge in [0.1, 0.15) is 11.5 Å². The number of rotatable bonds is 7. The Kier molecular flexibility index (Phi) is 6.31. The number of hydrogen-bond acceptors (Lipinski definition) is 6. The topological polar surface area (TPSA) is 110 Å². The Balaban J connectivity index is 2.01. The van der Waals surface area contributed by atoms with Crippen molar-refractivity contribution in [3.63, 3.8) is 0 Å². The van der Waals surface area contributed by atoms with Crippen LogP contribution in [0.25, 0.3) is 0 Å². The lowest BCUT2D eigenvalue weighted by atomic mass is 9.96. The number of hydrogen-bond donors (Lipinski definition) is 2. The van der Waals surface area contributed by atoms with E-state index in [1.165, 1.54) is 0 Å². The molecule has 0 aromatic heterocycles. The number of carbonyl (C=O) groups excluding carboxylic acids is 2. The first-order valence-corrected chi connectivity index (χ1v) is 8.18. The van der Waals surface area contributed by atoms with Crippen molar-refractivity contribution in [3.05, 3.63) is 59.7 Å². The van der Waals surface area contributed by atoms with Gasteiger partial charge < -0.3 is 19.7 Å². The van der Waals surface area contributed by atoms with Crippen LogP contribution in [0.15, 0.2) is 48.5 Å². The van der Waals surface area contributed by atoms with E-state index < -0.39 is 36.4 Å². The number of esters is 2. The molecule has 0 fully saturated rings. The minimum absolute atomic E-state index is 0.209. The Morgan fingerprint density at radius 1 is 0.778 bits per heavy atom. The lowest BCUT2D eigenvalue weighted by Gasteiger charge is -2.21. The molecular formula is C20H20O7. The second-order valence-corrected chi connectivity index (χ2v) is 6.26. The Hall–Kier alpha value is -3.19. The number of aryl methyl sites for hydroxylation is 2. The van der Waals surface area contributed by atoms with Crippen molar-refractivity contribution in [1.82, 2.24) is 0 Å². The molecule has 0 radical (unpaired) electrons. The molecule has 2 aromatic carbocycles. The van der Waals surface area contributed by atoms with Crippen molar-refractivity contribution in [3.8, 4) is 11.5 Å². The molecule has 2 rings (SSSR count). The third-order valence-corrected chi connectivity index (χ3v) is 3.78. The zero-order valence-corrected chi connectivity index (χ0v) is 15.0. The number of carboxylic acid groups (broad SMARTS) is 1. The lowest BCUT2D eigenvalue weighted by Crippen LogP contribution is -2.44. The summed E-state index contributed by atoms with van der Waals surface area (Å²) in [5.41, 5.74) is -0.727. The number of aliphatic carboxylic acids is 1. The fraction of sp³-hybridized carbons (Fsp3) is 0.250. The highest BCUT2D eigenvalue weighted by atomic mass is 16.5. The third kappa shape index (κ3) is 5.93. The van der Waals surface area contributed by atoms with E-state index in [0.29, 0.717) is 0 Å². The molecule has 7 nitrogen and oxygen atoms in total. The van der Waals surface area contributed by atoms with Crippen molar-refractivity contribution in [1.29, 1.82) is 0 Å². The standard InChI is InChI=1S/C20H20O7/c1-13-3-7-15(8-4-13)26-17(21)11-20(25,19(23)24)12-18(22)27-16-9-5-14(2)6-10-16/h3-10,25H,11-12H2,1-2H3,(H,23,24). The first-order chi connectivity index (χ1) is 12.7. The summed E-state index contributed by atoms with van der Waals surface area (Å²) in [5.74, 6) is -3.26. The molecule has 0 aliphatic rings. The zero-order chi connectivity index (χ0) is 20.0. The number of carboxylic acids is 1. The largest absolute Gasteiger partial charge is 0.479 e. The molecule has 0 aliphatic heterocycles. The van der Waals surface area contributed by atoms with Crippen LogP contribution in [-0.2, 0) is 14.4 Å². The maximum absolute atomic E-state index is 12.0. The summed E-state index contributed by atoms with van der Waals surface area (Å²) in [6.07, 6.45) is -1.81. The minimum Gasteiger partial charge on any atom is -0.479 e. The molecule has 2 aromatic rings. The van der Waals surface area contributed by atoms with Gasteiger partial charge in [0.25, 0.3) is 0 Å². The van der Waals surface area contributed by atoms with Crippen LogP contribution in [0.1, 0.15) is 24.0 Å². The van der Waals surface area contributed by atoms with Crippen LogP contribution in [0.4, 0.5) is 0 Å². The maximum atomic E-state index is 12.0. The molecule has 0 bridgehead atoms. The monoisotopic (exact) mass is 372 g/mol. The van der Waals surface area contributed by atoms with Gasteiger partial charge in [0.2, 0.25) is 0 Å². The van der Waals surface area contributed by atoms with E-state index in [9.17, 15) is 24.6 Å². The minimum atomic E-state index is -2.64. The van der Waals surface area contributed by atoms with E-state index >= 15 is 0 Å². The molecule has 142 valence electrons. The molecule has 0 heterocycles. The van der Waals surface area contributed by atoms with Crippen LogP contribution in [0.2, 0.25) is 0 Å². The number of ether oxygens (including phenoxy) is 2. The molecule has 7 heteroatoms. The van der Waals surface area contributed by atoms with Gasteiger partial charge in [-0.1, -0.05) is 35.4 Å². The van der Waals surface area contributed by atoms with E-state index in [2.05, 4.69) is 0 Å². The smallest absolute Gasteiger partial charge is 0.336 e. The summed E-state index contributed by atoms with van der Waals surface area (Å²) in [7, 11) is 0. The van der Waals surface area contributed by atoms with Crippen molar-refractivity contribution in [2.75, 3.05) is 0 Å². The average molecular weight is 372 g/mol. The quantitative estimate of drug-likeness (QED) is 0.567. The van der Waals surface area contributed by atoms with Crippen LogP contribution in [0.5, 0.6) is 11.5 Å². The Morgan fingerprint density at radius 3 is 1.41 bits per heavy atom. The molecule has 0 atom stereocenters. The highest BCUT2D eigenvalue weighted by Crippen LogP contribution is 2.21. The predicted octanol–water partition coefficient (Wildman–Crippen LogP) is 2.41. The van der Waals surface area contributed by atoms with E-state index in [4.69, 9.17) is 9.47 Å².